The Balaban J connectivity index is 2.19. The van der Waals surface area contributed by atoms with Gasteiger partial charge in [0, 0.05) is 12.0 Å². The van der Waals surface area contributed by atoms with E-state index < -0.39 is 12.6 Å². The van der Waals surface area contributed by atoms with Crippen LogP contribution in [0, 0.1) is 5.92 Å². The molecule has 2 rings (SSSR count). The number of anilines is 1. The van der Waals surface area contributed by atoms with Crippen LogP contribution >= 0.6 is 0 Å². The lowest BCUT2D eigenvalue weighted by atomic mass is 10.1. The van der Waals surface area contributed by atoms with Crippen LogP contribution in [-0.4, -0.2) is 31.6 Å². The number of alkyl halides is 2. The monoisotopic (exact) mass is 328 g/mol. The Morgan fingerprint density at radius 2 is 2.09 bits per heavy atom. The fourth-order valence-electron chi connectivity index (χ4n) is 2.55. The number of hydrogen-bond acceptors (Lipinski definition) is 5. The number of carbonyl (C=O) groups is 2. The van der Waals surface area contributed by atoms with Gasteiger partial charge in [-0.05, 0) is 37.5 Å². The van der Waals surface area contributed by atoms with E-state index in [1.165, 1.54) is 19.2 Å². The van der Waals surface area contributed by atoms with E-state index in [-0.39, 0.29) is 34.9 Å². The van der Waals surface area contributed by atoms with E-state index in [4.69, 9.17) is 5.73 Å². The molecule has 0 radical (unpaired) electrons. The maximum absolute atomic E-state index is 12.5. The number of halogens is 2. The first-order valence-electron chi connectivity index (χ1n) is 7.14. The molecule has 126 valence electrons. The number of methoxy groups -OCH3 is 1. The SMILES string of the molecule is COC(=O)c1ccc(NC(=O)C2CCC(N)C2)c(OC(F)F)c1. The smallest absolute Gasteiger partial charge is 0.387 e. The number of ether oxygens (including phenoxy) is 2. The molecular weight excluding hydrogens is 310 g/mol. The molecule has 1 aliphatic carbocycles. The molecule has 1 fully saturated rings. The predicted octanol–water partition coefficient (Wildman–Crippen LogP) is 2.14. The Labute approximate surface area is 131 Å². The van der Waals surface area contributed by atoms with Crippen LogP contribution in [0.4, 0.5) is 14.5 Å². The second-order valence-electron chi connectivity index (χ2n) is 5.34. The van der Waals surface area contributed by atoms with Gasteiger partial charge in [0.25, 0.3) is 0 Å². The van der Waals surface area contributed by atoms with Gasteiger partial charge in [-0.25, -0.2) is 4.79 Å². The minimum Gasteiger partial charge on any atom is -0.465 e. The molecule has 2 atom stereocenters. The van der Waals surface area contributed by atoms with Crippen molar-refractivity contribution in [2.24, 2.45) is 11.7 Å². The first-order chi connectivity index (χ1) is 10.9. The summed E-state index contributed by atoms with van der Waals surface area (Å²) in [6, 6.07) is 3.77. The summed E-state index contributed by atoms with van der Waals surface area (Å²) >= 11 is 0. The van der Waals surface area contributed by atoms with E-state index in [0.29, 0.717) is 12.8 Å². The highest BCUT2D eigenvalue weighted by atomic mass is 19.3. The average Bonchev–Trinajstić information content (AvgIpc) is 2.94. The number of benzene rings is 1. The highest BCUT2D eigenvalue weighted by Crippen LogP contribution is 2.31. The zero-order valence-corrected chi connectivity index (χ0v) is 12.6. The van der Waals surface area contributed by atoms with E-state index in [2.05, 4.69) is 14.8 Å². The van der Waals surface area contributed by atoms with Crippen LogP contribution in [0.5, 0.6) is 5.75 Å². The largest absolute Gasteiger partial charge is 0.465 e. The summed E-state index contributed by atoms with van der Waals surface area (Å²) in [7, 11) is 1.18. The predicted molar refractivity (Wildman–Crippen MR) is 78.4 cm³/mol. The van der Waals surface area contributed by atoms with Crippen molar-refractivity contribution in [3.05, 3.63) is 23.8 Å². The molecule has 0 spiro atoms. The molecule has 2 unspecified atom stereocenters. The zero-order valence-electron chi connectivity index (χ0n) is 12.6. The summed E-state index contributed by atoms with van der Waals surface area (Å²) in [5.41, 5.74) is 5.88. The fraction of sp³-hybridized carbons (Fsp3) is 0.467. The van der Waals surface area contributed by atoms with Crippen LogP contribution in [0.15, 0.2) is 18.2 Å². The number of amides is 1. The summed E-state index contributed by atoms with van der Waals surface area (Å²) in [5, 5.41) is 2.56. The van der Waals surface area contributed by atoms with Gasteiger partial charge < -0.3 is 20.5 Å². The van der Waals surface area contributed by atoms with E-state index in [1.54, 1.807) is 0 Å². The van der Waals surface area contributed by atoms with E-state index in [1.807, 2.05) is 0 Å². The lowest BCUT2D eigenvalue weighted by molar-refractivity contribution is -0.119. The van der Waals surface area contributed by atoms with Crippen molar-refractivity contribution in [1.29, 1.82) is 0 Å². The van der Waals surface area contributed by atoms with Gasteiger partial charge in [0.1, 0.15) is 5.75 Å². The third-order valence-corrected chi connectivity index (χ3v) is 3.72. The van der Waals surface area contributed by atoms with Gasteiger partial charge in [-0.15, -0.1) is 0 Å². The second kappa shape index (κ2) is 7.36. The van der Waals surface area contributed by atoms with E-state index in [0.717, 1.165) is 12.5 Å². The molecule has 23 heavy (non-hydrogen) atoms. The molecule has 0 bridgehead atoms. The van der Waals surface area contributed by atoms with Crippen molar-refractivity contribution >= 4 is 17.6 Å². The highest BCUT2D eigenvalue weighted by Gasteiger charge is 2.28. The second-order valence-corrected chi connectivity index (χ2v) is 5.34. The minimum absolute atomic E-state index is 0.0239. The normalized spacial score (nSPS) is 20.4. The van der Waals surface area contributed by atoms with Crippen LogP contribution in [0.2, 0.25) is 0 Å². The first-order valence-corrected chi connectivity index (χ1v) is 7.14. The number of esters is 1. The standard InChI is InChI=1S/C15H18F2N2O4/c1-22-14(21)9-3-5-11(12(7-9)23-15(16)17)19-13(20)8-2-4-10(18)6-8/h3,5,7-8,10,15H,2,4,6,18H2,1H3,(H,19,20). The Morgan fingerprint density at radius 1 is 1.35 bits per heavy atom. The molecule has 1 aliphatic rings. The van der Waals surface area contributed by atoms with Gasteiger partial charge in [-0.1, -0.05) is 0 Å². The van der Waals surface area contributed by atoms with Gasteiger partial charge in [-0.3, -0.25) is 4.79 Å². The molecule has 1 amide bonds. The van der Waals surface area contributed by atoms with Gasteiger partial charge >= 0.3 is 12.6 Å². The lowest BCUT2D eigenvalue weighted by Gasteiger charge is -2.15. The number of hydrogen-bond donors (Lipinski definition) is 2. The van der Waals surface area contributed by atoms with Crippen LogP contribution in [0.25, 0.3) is 0 Å². The van der Waals surface area contributed by atoms with Crippen molar-refractivity contribution in [3.63, 3.8) is 0 Å². The molecule has 0 aromatic heterocycles. The van der Waals surface area contributed by atoms with Crippen LogP contribution in [-0.2, 0) is 9.53 Å². The summed E-state index contributed by atoms with van der Waals surface area (Å²) < 4.78 is 34.0. The summed E-state index contributed by atoms with van der Waals surface area (Å²) in [6.45, 7) is -3.08. The molecule has 1 saturated carbocycles. The van der Waals surface area contributed by atoms with Gasteiger partial charge in [0.05, 0.1) is 18.4 Å². The Bertz CT molecular complexity index is 595. The average molecular weight is 328 g/mol. The highest BCUT2D eigenvalue weighted by molar-refractivity contribution is 5.96. The van der Waals surface area contributed by atoms with Crippen molar-refractivity contribution in [2.75, 3.05) is 12.4 Å². The fourth-order valence-corrected chi connectivity index (χ4v) is 2.55. The maximum atomic E-state index is 12.5. The van der Waals surface area contributed by atoms with E-state index in [9.17, 15) is 18.4 Å². The number of rotatable bonds is 5. The molecular formula is C15H18F2N2O4. The first kappa shape index (κ1) is 17.1. The van der Waals surface area contributed by atoms with E-state index >= 15 is 0 Å². The van der Waals surface area contributed by atoms with Crippen LogP contribution in [0.1, 0.15) is 29.6 Å². The number of carbonyl (C=O) groups excluding carboxylic acids is 2. The van der Waals surface area contributed by atoms with Crippen molar-refractivity contribution in [3.8, 4) is 5.75 Å². The summed E-state index contributed by atoms with van der Waals surface area (Å²) in [5.74, 6) is -1.55. The Kier molecular flexibility index (Phi) is 5.49. The van der Waals surface area contributed by atoms with Crippen molar-refractivity contribution in [2.45, 2.75) is 31.9 Å². The minimum atomic E-state index is -3.08. The quantitative estimate of drug-likeness (QED) is 0.808. The summed E-state index contributed by atoms with van der Waals surface area (Å²) in [6.07, 6.45) is 1.95. The summed E-state index contributed by atoms with van der Waals surface area (Å²) in [4.78, 5) is 23.6. The molecule has 0 saturated heterocycles. The number of nitrogens with two attached hydrogens (primary N) is 1. The molecule has 8 heteroatoms. The molecule has 1 aromatic rings. The lowest BCUT2D eigenvalue weighted by Crippen LogP contribution is -2.23. The number of nitrogens with one attached hydrogen (secondary N) is 1. The molecule has 0 aliphatic heterocycles. The van der Waals surface area contributed by atoms with Crippen molar-refractivity contribution < 1.29 is 27.8 Å². The molecule has 3 N–H and O–H groups in total. The maximum Gasteiger partial charge on any atom is 0.387 e. The molecule has 0 heterocycles. The van der Waals surface area contributed by atoms with Gasteiger partial charge in [0.2, 0.25) is 5.91 Å². The van der Waals surface area contributed by atoms with Gasteiger partial charge in [0.15, 0.2) is 0 Å². The molecule has 6 nitrogen and oxygen atoms in total. The van der Waals surface area contributed by atoms with Crippen molar-refractivity contribution in [1.82, 2.24) is 0 Å². The Hall–Kier alpha value is -2.22. The van der Waals surface area contributed by atoms with Crippen LogP contribution < -0.4 is 15.8 Å². The third-order valence-electron chi connectivity index (χ3n) is 3.72. The topological polar surface area (TPSA) is 90.7 Å². The van der Waals surface area contributed by atoms with Crippen LogP contribution in [0.3, 0.4) is 0 Å². The molecule has 1 aromatic carbocycles. The third kappa shape index (κ3) is 4.38. The Morgan fingerprint density at radius 3 is 2.65 bits per heavy atom. The zero-order chi connectivity index (χ0) is 17.0. The van der Waals surface area contributed by atoms with Gasteiger partial charge in [-0.2, -0.15) is 8.78 Å².